The molecule has 0 unspecified atom stereocenters. The van der Waals surface area contributed by atoms with Crippen molar-refractivity contribution in [3.8, 4) is 0 Å². The van der Waals surface area contributed by atoms with Gasteiger partial charge in [0.1, 0.15) is 0 Å². The van der Waals surface area contributed by atoms with Crippen LogP contribution >= 0.6 is 0 Å². The summed E-state index contributed by atoms with van der Waals surface area (Å²) in [6, 6.07) is 8.91. The summed E-state index contributed by atoms with van der Waals surface area (Å²) in [6.45, 7) is 8.47. The van der Waals surface area contributed by atoms with Crippen molar-refractivity contribution in [3.05, 3.63) is 42.2 Å². The quantitative estimate of drug-likeness (QED) is 0.853. The molecule has 0 amide bonds. The number of piperidine rings is 1. The van der Waals surface area contributed by atoms with Gasteiger partial charge in [-0.1, -0.05) is 24.3 Å². The maximum atomic E-state index is 4.05. The molecular weight excluding hydrogens is 222 g/mol. The zero-order valence-electron chi connectivity index (χ0n) is 11.4. The standard InChI is InChI=1S/C15H23N3/c1-12-4-6-14(7-5-12)16-13(2)17-15-8-10-18(3)11-9-15/h4-7,15-17H,2,8-11H2,1,3H3. The molecule has 1 aliphatic rings. The number of nitrogens with zero attached hydrogens (tertiary/aromatic N) is 1. The largest absolute Gasteiger partial charge is 0.369 e. The van der Waals surface area contributed by atoms with E-state index >= 15 is 0 Å². The molecule has 0 aromatic heterocycles. The summed E-state index contributed by atoms with van der Waals surface area (Å²) in [5.74, 6) is 0.897. The highest BCUT2D eigenvalue weighted by atomic mass is 15.1. The van der Waals surface area contributed by atoms with Crippen molar-refractivity contribution in [1.82, 2.24) is 10.2 Å². The Morgan fingerprint density at radius 2 is 1.83 bits per heavy atom. The predicted octanol–water partition coefficient (Wildman–Crippen LogP) is 2.56. The van der Waals surface area contributed by atoms with E-state index in [1.54, 1.807) is 0 Å². The maximum absolute atomic E-state index is 4.05. The summed E-state index contributed by atoms with van der Waals surface area (Å²) in [7, 11) is 2.18. The highest BCUT2D eigenvalue weighted by Crippen LogP contribution is 2.12. The molecule has 18 heavy (non-hydrogen) atoms. The van der Waals surface area contributed by atoms with Crippen LogP contribution in [0.1, 0.15) is 18.4 Å². The fraction of sp³-hybridized carbons (Fsp3) is 0.467. The van der Waals surface area contributed by atoms with E-state index in [0.717, 1.165) is 24.6 Å². The van der Waals surface area contributed by atoms with Gasteiger partial charge in [-0.25, -0.2) is 0 Å². The topological polar surface area (TPSA) is 27.3 Å². The van der Waals surface area contributed by atoms with Crippen LogP contribution in [0.4, 0.5) is 5.69 Å². The van der Waals surface area contributed by atoms with Gasteiger partial charge >= 0.3 is 0 Å². The Balaban J connectivity index is 1.80. The molecular formula is C15H23N3. The van der Waals surface area contributed by atoms with Crippen molar-refractivity contribution in [1.29, 1.82) is 0 Å². The molecule has 3 heteroatoms. The molecule has 3 nitrogen and oxygen atoms in total. The van der Waals surface area contributed by atoms with E-state index in [1.165, 1.54) is 18.4 Å². The van der Waals surface area contributed by atoms with Gasteiger partial charge < -0.3 is 15.5 Å². The van der Waals surface area contributed by atoms with E-state index in [4.69, 9.17) is 0 Å². The van der Waals surface area contributed by atoms with Crippen LogP contribution in [0.2, 0.25) is 0 Å². The molecule has 0 spiro atoms. The van der Waals surface area contributed by atoms with E-state index < -0.39 is 0 Å². The van der Waals surface area contributed by atoms with Gasteiger partial charge in [0.2, 0.25) is 0 Å². The first-order valence-electron chi connectivity index (χ1n) is 6.61. The van der Waals surface area contributed by atoms with Gasteiger partial charge in [-0.05, 0) is 52.0 Å². The second-order valence-electron chi connectivity index (χ2n) is 5.19. The number of benzene rings is 1. The van der Waals surface area contributed by atoms with E-state index in [2.05, 4.69) is 60.3 Å². The summed E-state index contributed by atoms with van der Waals surface area (Å²) < 4.78 is 0. The lowest BCUT2D eigenvalue weighted by Crippen LogP contribution is -2.41. The van der Waals surface area contributed by atoms with Crippen LogP contribution in [0.15, 0.2) is 36.7 Å². The van der Waals surface area contributed by atoms with Crippen molar-refractivity contribution in [2.45, 2.75) is 25.8 Å². The molecule has 1 heterocycles. The average Bonchev–Trinajstić information content (AvgIpc) is 2.35. The second kappa shape index (κ2) is 5.91. The lowest BCUT2D eigenvalue weighted by molar-refractivity contribution is 0.242. The summed E-state index contributed by atoms with van der Waals surface area (Å²) in [4.78, 5) is 2.37. The van der Waals surface area contributed by atoms with Crippen molar-refractivity contribution >= 4 is 5.69 Å². The van der Waals surface area contributed by atoms with Gasteiger partial charge in [0, 0.05) is 11.7 Å². The van der Waals surface area contributed by atoms with Crippen LogP contribution in [0.5, 0.6) is 0 Å². The second-order valence-corrected chi connectivity index (χ2v) is 5.19. The fourth-order valence-corrected chi connectivity index (χ4v) is 2.25. The molecule has 0 radical (unpaired) electrons. The van der Waals surface area contributed by atoms with E-state index in [9.17, 15) is 0 Å². The summed E-state index contributed by atoms with van der Waals surface area (Å²) >= 11 is 0. The molecule has 0 aliphatic carbocycles. The number of hydrogen-bond acceptors (Lipinski definition) is 3. The molecule has 0 atom stereocenters. The van der Waals surface area contributed by atoms with Crippen LogP contribution in [-0.4, -0.2) is 31.1 Å². The molecule has 2 rings (SSSR count). The zero-order chi connectivity index (χ0) is 13.0. The molecule has 98 valence electrons. The number of aryl methyl sites for hydroxylation is 1. The summed E-state index contributed by atoms with van der Waals surface area (Å²) in [5, 5.41) is 6.78. The molecule has 1 saturated heterocycles. The normalized spacial score (nSPS) is 17.4. The zero-order valence-corrected chi connectivity index (χ0v) is 11.4. The summed E-state index contributed by atoms with van der Waals surface area (Å²) in [5.41, 5.74) is 2.36. The molecule has 2 N–H and O–H groups in total. The minimum Gasteiger partial charge on any atom is -0.369 e. The van der Waals surface area contributed by atoms with Crippen LogP contribution in [0, 0.1) is 6.92 Å². The maximum Gasteiger partial charge on any atom is 0.0959 e. The minimum atomic E-state index is 0.548. The van der Waals surface area contributed by atoms with Gasteiger partial charge in [-0.15, -0.1) is 0 Å². The third-order valence-corrected chi connectivity index (χ3v) is 3.44. The van der Waals surface area contributed by atoms with Gasteiger partial charge in [0.15, 0.2) is 0 Å². The Kier molecular flexibility index (Phi) is 4.26. The first-order chi connectivity index (χ1) is 8.63. The molecule has 0 bridgehead atoms. The third kappa shape index (κ3) is 3.77. The van der Waals surface area contributed by atoms with E-state index in [-0.39, 0.29) is 0 Å². The van der Waals surface area contributed by atoms with E-state index in [0.29, 0.717) is 6.04 Å². The third-order valence-electron chi connectivity index (χ3n) is 3.44. The first-order valence-corrected chi connectivity index (χ1v) is 6.61. The van der Waals surface area contributed by atoms with Crippen LogP contribution < -0.4 is 10.6 Å². The summed E-state index contributed by atoms with van der Waals surface area (Å²) in [6.07, 6.45) is 2.37. The van der Waals surface area contributed by atoms with Crippen molar-refractivity contribution in [2.75, 3.05) is 25.5 Å². The van der Waals surface area contributed by atoms with Gasteiger partial charge in [-0.2, -0.15) is 0 Å². The van der Waals surface area contributed by atoms with Gasteiger partial charge in [-0.3, -0.25) is 0 Å². The Morgan fingerprint density at radius 1 is 1.22 bits per heavy atom. The smallest absolute Gasteiger partial charge is 0.0959 e. The Labute approximate surface area is 110 Å². The lowest BCUT2D eigenvalue weighted by Gasteiger charge is -2.30. The fourth-order valence-electron chi connectivity index (χ4n) is 2.25. The average molecular weight is 245 g/mol. The van der Waals surface area contributed by atoms with Crippen molar-refractivity contribution < 1.29 is 0 Å². The van der Waals surface area contributed by atoms with Crippen LogP contribution in [-0.2, 0) is 0 Å². The minimum absolute atomic E-state index is 0.548. The monoisotopic (exact) mass is 245 g/mol. The molecule has 1 aromatic carbocycles. The van der Waals surface area contributed by atoms with Gasteiger partial charge in [0.05, 0.1) is 5.82 Å². The Morgan fingerprint density at radius 3 is 2.44 bits per heavy atom. The molecule has 1 aromatic rings. The number of nitrogens with one attached hydrogen (secondary N) is 2. The number of anilines is 1. The van der Waals surface area contributed by atoms with Gasteiger partial charge in [0.25, 0.3) is 0 Å². The van der Waals surface area contributed by atoms with Crippen molar-refractivity contribution in [2.24, 2.45) is 0 Å². The SMILES string of the molecule is C=C(Nc1ccc(C)cc1)NC1CCN(C)CC1. The number of rotatable bonds is 4. The molecule has 1 fully saturated rings. The highest BCUT2D eigenvalue weighted by Gasteiger charge is 2.16. The number of likely N-dealkylation sites (tertiary alicyclic amines) is 1. The first kappa shape index (κ1) is 13.0. The predicted molar refractivity (Wildman–Crippen MR) is 77.6 cm³/mol. The van der Waals surface area contributed by atoms with Crippen molar-refractivity contribution in [3.63, 3.8) is 0 Å². The molecule has 1 aliphatic heterocycles. The molecule has 0 saturated carbocycles. The number of hydrogen-bond donors (Lipinski definition) is 2. The van der Waals surface area contributed by atoms with E-state index in [1.807, 2.05) is 0 Å². The highest BCUT2D eigenvalue weighted by molar-refractivity contribution is 5.48. The Hall–Kier alpha value is -1.48. The Bertz CT molecular complexity index is 389. The van der Waals surface area contributed by atoms with Crippen LogP contribution in [0.3, 0.4) is 0 Å². The lowest BCUT2D eigenvalue weighted by atomic mass is 10.1. The van der Waals surface area contributed by atoms with Crippen LogP contribution in [0.25, 0.3) is 0 Å².